The van der Waals surface area contributed by atoms with Crippen LogP contribution in [0.5, 0.6) is 0 Å². The molecule has 0 aliphatic carbocycles. The van der Waals surface area contributed by atoms with E-state index in [0.717, 1.165) is 53.9 Å². The van der Waals surface area contributed by atoms with Crippen molar-refractivity contribution in [2.24, 2.45) is 0 Å². The maximum atomic E-state index is 6.21. The van der Waals surface area contributed by atoms with Crippen LogP contribution < -0.4 is 9.80 Å². The molecule has 0 radical (unpaired) electrons. The molecular weight excluding hydrogens is 310 g/mol. The van der Waals surface area contributed by atoms with Gasteiger partial charge in [0.2, 0.25) is 5.95 Å². The number of piperazine rings is 1. The van der Waals surface area contributed by atoms with Crippen LogP contribution in [0.1, 0.15) is 0 Å². The van der Waals surface area contributed by atoms with Gasteiger partial charge < -0.3 is 9.80 Å². The molecular formula is C17H16ClN5. The fourth-order valence-electron chi connectivity index (χ4n) is 2.87. The first-order chi connectivity index (χ1) is 11.3. The number of hydrogen-bond acceptors (Lipinski definition) is 5. The van der Waals surface area contributed by atoms with Gasteiger partial charge in [0.15, 0.2) is 0 Å². The average Bonchev–Trinajstić information content (AvgIpc) is 2.63. The molecule has 0 amide bonds. The Labute approximate surface area is 139 Å². The Morgan fingerprint density at radius 3 is 2.35 bits per heavy atom. The minimum Gasteiger partial charge on any atom is -0.353 e. The molecule has 1 aliphatic heterocycles. The first-order valence-electron chi connectivity index (χ1n) is 7.63. The molecule has 116 valence electrons. The predicted octanol–water partition coefficient (Wildman–Crippen LogP) is 3.00. The molecule has 4 rings (SSSR count). The third kappa shape index (κ3) is 2.80. The molecule has 0 atom stereocenters. The third-order valence-electron chi connectivity index (χ3n) is 4.10. The SMILES string of the molecule is Clc1cccc2nc(N3CCN(c4ncccn4)CC3)ccc12. The Morgan fingerprint density at radius 1 is 0.826 bits per heavy atom. The molecule has 1 aliphatic rings. The topological polar surface area (TPSA) is 45.2 Å². The van der Waals surface area contributed by atoms with Crippen LogP contribution in [-0.4, -0.2) is 41.1 Å². The Morgan fingerprint density at radius 2 is 1.57 bits per heavy atom. The minimum atomic E-state index is 0.743. The summed E-state index contributed by atoms with van der Waals surface area (Å²) < 4.78 is 0. The third-order valence-corrected chi connectivity index (χ3v) is 4.43. The summed E-state index contributed by atoms with van der Waals surface area (Å²) in [5.74, 6) is 1.79. The Hall–Kier alpha value is -2.40. The number of hydrogen-bond donors (Lipinski definition) is 0. The molecule has 0 N–H and O–H groups in total. The van der Waals surface area contributed by atoms with Crippen LogP contribution in [0.2, 0.25) is 5.02 Å². The molecule has 0 spiro atoms. The molecule has 5 nitrogen and oxygen atoms in total. The van der Waals surface area contributed by atoms with Crippen LogP contribution in [-0.2, 0) is 0 Å². The summed E-state index contributed by atoms with van der Waals surface area (Å²) in [6.45, 7) is 3.58. The number of fused-ring (bicyclic) bond motifs is 1. The van der Waals surface area contributed by atoms with Crippen molar-refractivity contribution >= 4 is 34.3 Å². The van der Waals surface area contributed by atoms with Gasteiger partial charge in [-0.2, -0.15) is 0 Å². The van der Waals surface area contributed by atoms with E-state index in [0.29, 0.717) is 0 Å². The van der Waals surface area contributed by atoms with Crippen molar-refractivity contribution in [1.29, 1.82) is 0 Å². The molecule has 0 saturated carbocycles. The highest BCUT2D eigenvalue weighted by molar-refractivity contribution is 6.35. The maximum Gasteiger partial charge on any atom is 0.225 e. The smallest absolute Gasteiger partial charge is 0.225 e. The van der Waals surface area contributed by atoms with Crippen molar-refractivity contribution < 1.29 is 0 Å². The second-order valence-corrected chi connectivity index (χ2v) is 5.91. The lowest BCUT2D eigenvalue weighted by Gasteiger charge is -2.35. The molecule has 6 heteroatoms. The van der Waals surface area contributed by atoms with Gasteiger partial charge in [0.1, 0.15) is 5.82 Å². The van der Waals surface area contributed by atoms with Gasteiger partial charge in [-0.1, -0.05) is 17.7 Å². The largest absolute Gasteiger partial charge is 0.353 e. The van der Waals surface area contributed by atoms with E-state index in [9.17, 15) is 0 Å². The first kappa shape index (κ1) is 14.2. The summed E-state index contributed by atoms with van der Waals surface area (Å²) >= 11 is 6.21. The van der Waals surface area contributed by atoms with Crippen molar-refractivity contribution in [1.82, 2.24) is 15.0 Å². The van der Waals surface area contributed by atoms with Crippen molar-refractivity contribution in [3.05, 3.63) is 53.8 Å². The monoisotopic (exact) mass is 325 g/mol. The lowest BCUT2D eigenvalue weighted by Crippen LogP contribution is -2.47. The van der Waals surface area contributed by atoms with Crippen LogP contribution in [0.3, 0.4) is 0 Å². The normalized spacial score (nSPS) is 15.2. The Balaban J connectivity index is 1.52. The minimum absolute atomic E-state index is 0.743. The molecule has 0 bridgehead atoms. The lowest BCUT2D eigenvalue weighted by atomic mass is 10.2. The van der Waals surface area contributed by atoms with E-state index in [1.807, 2.05) is 36.4 Å². The second kappa shape index (κ2) is 6.01. The van der Waals surface area contributed by atoms with Gasteiger partial charge in [0.05, 0.1) is 5.52 Å². The molecule has 3 heterocycles. The second-order valence-electron chi connectivity index (χ2n) is 5.50. The highest BCUT2D eigenvalue weighted by Gasteiger charge is 2.19. The van der Waals surface area contributed by atoms with Gasteiger partial charge in [-0.3, -0.25) is 0 Å². The van der Waals surface area contributed by atoms with Crippen LogP contribution in [0.4, 0.5) is 11.8 Å². The van der Waals surface area contributed by atoms with Gasteiger partial charge >= 0.3 is 0 Å². The molecule has 2 aromatic heterocycles. The molecule has 3 aromatic rings. The number of anilines is 2. The summed E-state index contributed by atoms with van der Waals surface area (Å²) in [5.41, 5.74) is 0.934. The van der Waals surface area contributed by atoms with Crippen molar-refractivity contribution in [2.45, 2.75) is 0 Å². The van der Waals surface area contributed by atoms with Crippen LogP contribution >= 0.6 is 11.6 Å². The fourth-order valence-corrected chi connectivity index (χ4v) is 3.11. The zero-order valence-corrected chi connectivity index (χ0v) is 13.3. The van der Waals surface area contributed by atoms with Crippen LogP contribution in [0.25, 0.3) is 10.9 Å². The standard InChI is InChI=1S/C17H16ClN5/c18-14-3-1-4-15-13(14)5-6-16(21-15)22-9-11-23(12-10-22)17-19-7-2-8-20-17/h1-8H,9-12H2. The summed E-state index contributed by atoms with van der Waals surface area (Å²) in [7, 11) is 0. The number of halogens is 1. The number of aromatic nitrogens is 3. The quantitative estimate of drug-likeness (QED) is 0.724. The van der Waals surface area contributed by atoms with E-state index in [1.54, 1.807) is 12.4 Å². The molecule has 1 fully saturated rings. The summed E-state index contributed by atoms with van der Waals surface area (Å²) in [6, 6.07) is 11.8. The number of nitrogens with zero attached hydrogens (tertiary/aromatic N) is 5. The van der Waals surface area contributed by atoms with Crippen molar-refractivity contribution in [2.75, 3.05) is 36.0 Å². The van der Waals surface area contributed by atoms with Gasteiger partial charge in [-0.05, 0) is 30.3 Å². The summed E-state index contributed by atoms with van der Waals surface area (Å²) in [5, 5.41) is 1.74. The average molecular weight is 326 g/mol. The number of rotatable bonds is 2. The maximum absolute atomic E-state index is 6.21. The Kier molecular flexibility index (Phi) is 3.71. The zero-order chi connectivity index (χ0) is 15.6. The predicted molar refractivity (Wildman–Crippen MR) is 93.2 cm³/mol. The molecule has 0 unspecified atom stereocenters. The van der Waals surface area contributed by atoms with E-state index in [1.165, 1.54) is 0 Å². The van der Waals surface area contributed by atoms with E-state index in [2.05, 4.69) is 19.8 Å². The molecule has 1 saturated heterocycles. The van der Waals surface area contributed by atoms with E-state index in [4.69, 9.17) is 16.6 Å². The summed E-state index contributed by atoms with van der Waals surface area (Å²) in [6.07, 6.45) is 3.56. The zero-order valence-electron chi connectivity index (χ0n) is 12.6. The number of benzene rings is 1. The fraction of sp³-hybridized carbons (Fsp3) is 0.235. The highest BCUT2D eigenvalue weighted by atomic mass is 35.5. The van der Waals surface area contributed by atoms with E-state index < -0.39 is 0 Å². The van der Waals surface area contributed by atoms with Gasteiger partial charge in [0, 0.05) is 49.0 Å². The summed E-state index contributed by atoms with van der Waals surface area (Å²) in [4.78, 5) is 17.9. The number of pyridine rings is 1. The van der Waals surface area contributed by atoms with Crippen LogP contribution in [0.15, 0.2) is 48.8 Å². The Bertz CT molecular complexity index is 816. The molecule has 23 heavy (non-hydrogen) atoms. The van der Waals surface area contributed by atoms with Gasteiger partial charge in [-0.15, -0.1) is 0 Å². The van der Waals surface area contributed by atoms with Crippen molar-refractivity contribution in [3.8, 4) is 0 Å². The van der Waals surface area contributed by atoms with Crippen molar-refractivity contribution in [3.63, 3.8) is 0 Å². The van der Waals surface area contributed by atoms with Crippen LogP contribution in [0, 0.1) is 0 Å². The lowest BCUT2D eigenvalue weighted by molar-refractivity contribution is 0.635. The van der Waals surface area contributed by atoms with Gasteiger partial charge in [-0.25, -0.2) is 15.0 Å². The van der Waals surface area contributed by atoms with E-state index in [-0.39, 0.29) is 0 Å². The highest BCUT2D eigenvalue weighted by Crippen LogP contribution is 2.25. The first-order valence-corrected chi connectivity index (χ1v) is 8.01. The molecule has 1 aromatic carbocycles. The van der Waals surface area contributed by atoms with E-state index >= 15 is 0 Å². The van der Waals surface area contributed by atoms with Gasteiger partial charge in [0.25, 0.3) is 0 Å².